The summed E-state index contributed by atoms with van der Waals surface area (Å²) in [7, 11) is -3.74. The lowest BCUT2D eigenvalue weighted by atomic mass is 10.4. The summed E-state index contributed by atoms with van der Waals surface area (Å²) in [6, 6.07) is 3.95. The molecule has 1 fully saturated rings. The third-order valence-corrected chi connectivity index (χ3v) is 4.79. The van der Waals surface area contributed by atoms with E-state index in [1.54, 1.807) is 32.2 Å². The molecule has 1 aliphatic rings. The molecular formula is C13H16N4O3S. The van der Waals surface area contributed by atoms with Crippen LogP contribution < -0.4 is 10.0 Å². The lowest BCUT2D eigenvalue weighted by Gasteiger charge is -2.08. The molecule has 0 atom stereocenters. The smallest absolute Gasteiger partial charge is 0.268 e. The van der Waals surface area contributed by atoms with Crippen LogP contribution in [0.5, 0.6) is 0 Å². The molecule has 2 heterocycles. The molecule has 2 aromatic heterocycles. The van der Waals surface area contributed by atoms with E-state index in [1.165, 1.54) is 12.8 Å². The van der Waals surface area contributed by atoms with Gasteiger partial charge in [0.25, 0.3) is 10.0 Å². The Labute approximate surface area is 122 Å². The van der Waals surface area contributed by atoms with Gasteiger partial charge in [-0.05, 0) is 38.8 Å². The lowest BCUT2D eigenvalue weighted by Crippen LogP contribution is -2.15. The summed E-state index contributed by atoms with van der Waals surface area (Å²) in [5.41, 5.74) is 1.21. The van der Waals surface area contributed by atoms with Crippen molar-refractivity contribution in [2.24, 2.45) is 0 Å². The molecule has 0 bridgehead atoms. The summed E-state index contributed by atoms with van der Waals surface area (Å²) in [6.07, 6.45) is 3.95. The van der Waals surface area contributed by atoms with Gasteiger partial charge in [-0.25, -0.2) is 13.4 Å². The Morgan fingerprint density at radius 1 is 1.29 bits per heavy atom. The molecule has 0 radical (unpaired) electrons. The van der Waals surface area contributed by atoms with Crippen molar-refractivity contribution < 1.29 is 12.9 Å². The van der Waals surface area contributed by atoms with E-state index >= 15 is 0 Å². The second-order valence-electron chi connectivity index (χ2n) is 5.11. The minimum absolute atomic E-state index is 0.0597. The van der Waals surface area contributed by atoms with Gasteiger partial charge >= 0.3 is 0 Å². The van der Waals surface area contributed by atoms with Crippen LogP contribution in [0.15, 0.2) is 27.7 Å². The zero-order valence-corrected chi connectivity index (χ0v) is 12.6. The average Bonchev–Trinajstić information content (AvgIpc) is 3.16. The number of hydrogen-bond donors (Lipinski definition) is 2. The van der Waals surface area contributed by atoms with E-state index in [4.69, 9.17) is 4.52 Å². The number of aryl methyl sites for hydroxylation is 2. The van der Waals surface area contributed by atoms with Crippen molar-refractivity contribution in [3.05, 3.63) is 29.8 Å². The molecule has 0 saturated heterocycles. The molecule has 0 unspecified atom stereocenters. The first-order valence-electron chi connectivity index (χ1n) is 6.64. The van der Waals surface area contributed by atoms with E-state index < -0.39 is 10.0 Å². The number of nitrogens with zero attached hydrogens (tertiary/aromatic N) is 2. The van der Waals surface area contributed by atoms with Crippen molar-refractivity contribution in [3.63, 3.8) is 0 Å². The van der Waals surface area contributed by atoms with Crippen LogP contribution in [0, 0.1) is 13.8 Å². The number of rotatable bonds is 5. The first-order valence-corrected chi connectivity index (χ1v) is 8.12. The van der Waals surface area contributed by atoms with Gasteiger partial charge in [0.1, 0.15) is 11.5 Å². The third-order valence-electron chi connectivity index (χ3n) is 3.19. The summed E-state index contributed by atoms with van der Waals surface area (Å²) >= 11 is 0. The van der Waals surface area contributed by atoms with Crippen molar-refractivity contribution in [1.82, 2.24) is 10.1 Å². The second-order valence-corrected chi connectivity index (χ2v) is 6.73. The molecule has 0 aromatic carbocycles. The number of pyridine rings is 1. The van der Waals surface area contributed by atoms with Crippen LogP contribution in [0.4, 0.5) is 11.5 Å². The summed E-state index contributed by atoms with van der Waals surface area (Å²) in [5.74, 6) is 0.517. The van der Waals surface area contributed by atoms with Crippen LogP contribution in [-0.4, -0.2) is 24.6 Å². The predicted octanol–water partition coefficient (Wildman–Crippen LogP) is 2.06. The second kappa shape index (κ2) is 5.03. The highest BCUT2D eigenvalue weighted by molar-refractivity contribution is 7.92. The van der Waals surface area contributed by atoms with E-state index in [1.807, 2.05) is 0 Å². The average molecular weight is 308 g/mol. The molecule has 21 heavy (non-hydrogen) atoms. The van der Waals surface area contributed by atoms with E-state index in [-0.39, 0.29) is 16.5 Å². The van der Waals surface area contributed by atoms with Crippen LogP contribution >= 0.6 is 0 Å². The highest BCUT2D eigenvalue weighted by Gasteiger charge is 2.25. The molecule has 0 spiro atoms. The number of aromatic nitrogens is 2. The van der Waals surface area contributed by atoms with E-state index in [9.17, 15) is 8.42 Å². The third kappa shape index (κ3) is 2.99. The van der Waals surface area contributed by atoms with Crippen molar-refractivity contribution in [3.8, 4) is 0 Å². The highest BCUT2D eigenvalue weighted by atomic mass is 32.2. The Morgan fingerprint density at radius 3 is 2.57 bits per heavy atom. The molecule has 0 amide bonds. The minimum atomic E-state index is -3.74. The van der Waals surface area contributed by atoms with Gasteiger partial charge in [0, 0.05) is 6.04 Å². The largest absolute Gasteiger partial charge is 0.381 e. The van der Waals surface area contributed by atoms with Crippen LogP contribution in [0.2, 0.25) is 0 Å². The quantitative estimate of drug-likeness (QED) is 0.877. The standard InChI is InChI=1S/C13H16N4O3S/c1-8-13(9(2)20-16-8)21(18,19)17-12-6-5-11(7-14-12)15-10-3-4-10/h5-7,10,15H,3-4H2,1-2H3,(H,14,17). The van der Waals surface area contributed by atoms with Crippen LogP contribution in [0.1, 0.15) is 24.3 Å². The Hall–Kier alpha value is -2.09. The first kappa shape index (κ1) is 13.9. The Bertz CT molecular complexity index is 729. The van der Waals surface area contributed by atoms with Crippen LogP contribution in [-0.2, 0) is 10.0 Å². The maximum atomic E-state index is 12.3. The molecular weight excluding hydrogens is 292 g/mol. The molecule has 7 nitrogen and oxygen atoms in total. The summed E-state index contributed by atoms with van der Waals surface area (Å²) in [5, 5.41) is 6.94. The lowest BCUT2D eigenvalue weighted by molar-refractivity contribution is 0.390. The molecule has 1 saturated carbocycles. The Kier molecular flexibility index (Phi) is 3.32. The number of anilines is 2. The van der Waals surface area contributed by atoms with Gasteiger partial charge in [-0.1, -0.05) is 5.16 Å². The first-order chi connectivity index (χ1) is 9.95. The fourth-order valence-electron chi connectivity index (χ4n) is 2.05. The summed E-state index contributed by atoms with van der Waals surface area (Å²) in [4.78, 5) is 4.17. The minimum Gasteiger partial charge on any atom is -0.381 e. The van der Waals surface area contributed by atoms with Crippen LogP contribution in [0.3, 0.4) is 0 Å². The fourth-order valence-corrected chi connectivity index (χ4v) is 3.39. The van der Waals surface area contributed by atoms with E-state index in [0.29, 0.717) is 11.7 Å². The highest BCUT2D eigenvalue weighted by Crippen LogP contribution is 2.25. The zero-order chi connectivity index (χ0) is 15.0. The van der Waals surface area contributed by atoms with E-state index in [0.717, 1.165) is 5.69 Å². The number of sulfonamides is 1. The molecule has 2 N–H and O–H groups in total. The monoisotopic (exact) mass is 308 g/mol. The van der Waals surface area contributed by atoms with Gasteiger partial charge in [-0.2, -0.15) is 0 Å². The maximum absolute atomic E-state index is 12.3. The Balaban J connectivity index is 1.78. The van der Waals surface area contributed by atoms with Gasteiger partial charge in [0.2, 0.25) is 0 Å². The molecule has 2 aromatic rings. The topological polar surface area (TPSA) is 97.1 Å². The SMILES string of the molecule is Cc1noc(C)c1S(=O)(=O)Nc1ccc(NC2CC2)cn1. The molecule has 112 valence electrons. The van der Waals surface area contributed by atoms with Crippen LogP contribution in [0.25, 0.3) is 0 Å². The van der Waals surface area contributed by atoms with Crippen molar-refractivity contribution in [2.75, 3.05) is 10.0 Å². The molecule has 8 heteroatoms. The van der Waals surface area contributed by atoms with Gasteiger partial charge in [0.05, 0.1) is 11.9 Å². The number of nitrogens with one attached hydrogen (secondary N) is 2. The van der Waals surface area contributed by atoms with Crippen molar-refractivity contribution in [2.45, 2.75) is 37.6 Å². The maximum Gasteiger partial charge on any atom is 0.268 e. The Morgan fingerprint density at radius 2 is 2.05 bits per heavy atom. The molecule has 0 aliphatic heterocycles. The number of hydrogen-bond acceptors (Lipinski definition) is 6. The summed E-state index contributed by atoms with van der Waals surface area (Å²) in [6.45, 7) is 3.14. The molecule has 1 aliphatic carbocycles. The van der Waals surface area contributed by atoms with Gasteiger partial charge in [-0.3, -0.25) is 4.72 Å². The summed E-state index contributed by atoms with van der Waals surface area (Å²) < 4.78 is 31.9. The van der Waals surface area contributed by atoms with Crippen molar-refractivity contribution in [1.29, 1.82) is 0 Å². The van der Waals surface area contributed by atoms with Gasteiger partial charge < -0.3 is 9.84 Å². The van der Waals surface area contributed by atoms with Crippen molar-refractivity contribution >= 4 is 21.5 Å². The zero-order valence-electron chi connectivity index (χ0n) is 11.8. The normalized spacial score (nSPS) is 15.0. The van der Waals surface area contributed by atoms with E-state index in [2.05, 4.69) is 20.2 Å². The predicted molar refractivity (Wildman–Crippen MR) is 77.7 cm³/mol. The molecule has 3 rings (SSSR count). The van der Waals surface area contributed by atoms with Gasteiger partial charge in [-0.15, -0.1) is 0 Å². The van der Waals surface area contributed by atoms with Gasteiger partial charge in [0.15, 0.2) is 10.7 Å². The fraction of sp³-hybridized carbons (Fsp3) is 0.385.